The number of carboxylic acids is 1. The highest BCUT2D eigenvalue weighted by atomic mass is 19.4. The summed E-state index contributed by atoms with van der Waals surface area (Å²) in [5.74, 6) is -0.694. The smallest absolute Gasteiger partial charge is 0.417 e. The second kappa shape index (κ2) is 9.94. The second-order valence-corrected chi connectivity index (χ2v) is 8.62. The fraction of sp³-hybridized carbons (Fsp3) is 0.222. The highest BCUT2D eigenvalue weighted by Crippen LogP contribution is 2.40. The molecule has 0 aliphatic rings. The summed E-state index contributed by atoms with van der Waals surface area (Å²) in [6, 6.07) is 17.4. The molecular formula is C27H24F3N3O3. The fourth-order valence-corrected chi connectivity index (χ4v) is 3.85. The lowest BCUT2D eigenvalue weighted by Crippen LogP contribution is -2.35. The van der Waals surface area contributed by atoms with Gasteiger partial charge in [0, 0.05) is 17.7 Å². The van der Waals surface area contributed by atoms with Gasteiger partial charge in [-0.05, 0) is 55.3 Å². The number of carbonyl (C=O) groups is 1. The van der Waals surface area contributed by atoms with E-state index in [4.69, 9.17) is 9.63 Å². The van der Waals surface area contributed by atoms with Crippen molar-refractivity contribution in [1.29, 1.82) is 0 Å². The number of halogens is 3. The number of nitrogens with zero attached hydrogens (tertiary/aromatic N) is 3. The molecule has 0 saturated heterocycles. The Labute approximate surface area is 206 Å². The first-order chi connectivity index (χ1) is 17.0. The highest BCUT2D eigenvalue weighted by molar-refractivity contribution is 5.75. The van der Waals surface area contributed by atoms with E-state index in [1.165, 1.54) is 12.1 Å². The number of likely N-dealkylation sites (N-methyl/N-ethyl adjacent to an activating group) is 1. The number of alkyl halides is 3. The lowest BCUT2D eigenvalue weighted by atomic mass is 9.94. The summed E-state index contributed by atoms with van der Waals surface area (Å²) in [6.45, 7) is 3.80. The zero-order valence-electron chi connectivity index (χ0n) is 19.9. The van der Waals surface area contributed by atoms with Crippen molar-refractivity contribution in [2.75, 3.05) is 7.05 Å². The average Bonchev–Trinajstić information content (AvgIpc) is 3.34. The molecule has 0 unspecified atom stereocenters. The number of aromatic nitrogens is 2. The van der Waals surface area contributed by atoms with E-state index >= 15 is 0 Å². The number of rotatable bonds is 7. The van der Waals surface area contributed by atoms with Gasteiger partial charge in [-0.2, -0.15) is 18.2 Å². The molecule has 0 saturated carbocycles. The van der Waals surface area contributed by atoms with Crippen molar-refractivity contribution >= 4 is 5.97 Å². The fourth-order valence-electron chi connectivity index (χ4n) is 3.85. The molecule has 0 radical (unpaired) electrons. The molecule has 3 aromatic carbocycles. The number of aliphatic carboxylic acids is 1. The van der Waals surface area contributed by atoms with Crippen LogP contribution in [0.15, 0.2) is 71.3 Å². The number of hydrogen-bond acceptors (Lipinski definition) is 5. The molecule has 9 heteroatoms. The number of hydrogen-bond donors (Lipinski definition) is 1. The summed E-state index contributed by atoms with van der Waals surface area (Å²) < 4.78 is 47.1. The molecule has 36 heavy (non-hydrogen) atoms. The Balaban J connectivity index is 1.60. The Morgan fingerprint density at radius 1 is 1.03 bits per heavy atom. The maximum Gasteiger partial charge on any atom is 0.417 e. The predicted octanol–water partition coefficient (Wildman–Crippen LogP) is 6.30. The number of carboxylic acid groups (broad SMARTS) is 1. The molecule has 0 aliphatic carbocycles. The molecule has 0 fully saturated rings. The minimum Gasteiger partial charge on any atom is -0.480 e. The normalized spacial score (nSPS) is 12.6. The van der Waals surface area contributed by atoms with Gasteiger partial charge in [-0.15, -0.1) is 0 Å². The van der Waals surface area contributed by atoms with Crippen LogP contribution in [0, 0.1) is 6.92 Å². The summed E-state index contributed by atoms with van der Waals surface area (Å²) in [4.78, 5) is 17.1. The van der Waals surface area contributed by atoms with E-state index in [0.717, 1.165) is 17.2 Å². The molecule has 1 N–H and O–H groups in total. The molecule has 0 amide bonds. The quantitative estimate of drug-likeness (QED) is 0.324. The van der Waals surface area contributed by atoms with Crippen molar-refractivity contribution in [3.8, 4) is 34.0 Å². The van der Waals surface area contributed by atoms with Crippen LogP contribution in [0.3, 0.4) is 0 Å². The van der Waals surface area contributed by atoms with Crippen LogP contribution in [0.4, 0.5) is 13.2 Å². The summed E-state index contributed by atoms with van der Waals surface area (Å²) in [7, 11) is 1.72. The SMILES string of the molecule is Cc1ccccc1-c1ccc(-c2nc(-c3ccc(CN(C)[C@H](C)C(=O)O)cc3)no2)cc1C(F)(F)F. The minimum absolute atomic E-state index is 0.0223. The third-order valence-corrected chi connectivity index (χ3v) is 6.10. The van der Waals surface area contributed by atoms with Crippen molar-refractivity contribution in [2.24, 2.45) is 0 Å². The van der Waals surface area contributed by atoms with E-state index in [0.29, 0.717) is 17.7 Å². The third kappa shape index (κ3) is 5.31. The van der Waals surface area contributed by atoms with Gasteiger partial charge in [-0.3, -0.25) is 9.69 Å². The molecule has 6 nitrogen and oxygen atoms in total. The number of aryl methyl sites for hydroxylation is 1. The topological polar surface area (TPSA) is 79.5 Å². The standard InChI is InChI=1S/C27H24F3N3O3/c1-16-6-4-5-7-21(16)22-13-12-20(14-23(22)27(28,29)30)25-31-24(32-36-25)19-10-8-18(9-11-19)15-33(3)17(2)26(34)35/h4-14,17H,15H2,1-3H3,(H,34,35)/t17-/m1/s1. The molecule has 1 heterocycles. The maximum absolute atomic E-state index is 14.0. The molecule has 4 rings (SSSR count). The van der Waals surface area contributed by atoms with E-state index in [1.807, 2.05) is 12.1 Å². The van der Waals surface area contributed by atoms with Gasteiger partial charge in [0.1, 0.15) is 6.04 Å². The van der Waals surface area contributed by atoms with Crippen LogP contribution in [-0.4, -0.2) is 39.2 Å². The van der Waals surface area contributed by atoms with Gasteiger partial charge in [-0.1, -0.05) is 59.8 Å². The maximum atomic E-state index is 14.0. The monoisotopic (exact) mass is 495 g/mol. The van der Waals surface area contributed by atoms with Crippen LogP contribution in [-0.2, 0) is 17.5 Å². The Bertz CT molecular complexity index is 1380. The number of benzene rings is 3. The second-order valence-electron chi connectivity index (χ2n) is 8.62. The van der Waals surface area contributed by atoms with Gasteiger partial charge in [0.15, 0.2) is 0 Å². The summed E-state index contributed by atoms with van der Waals surface area (Å²) in [5.41, 5.74) is 2.23. The Kier molecular flexibility index (Phi) is 6.94. The first-order valence-electron chi connectivity index (χ1n) is 11.2. The van der Waals surface area contributed by atoms with Gasteiger partial charge in [0.05, 0.1) is 5.56 Å². The lowest BCUT2D eigenvalue weighted by Gasteiger charge is -2.21. The van der Waals surface area contributed by atoms with Crippen molar-refractivity contribution < 1.29 is 27.6 Å². The van der Waals surface area contributed by atoms with Crippen molar-refractivity contribution in [3.05, 3.63) is 83.4 Å². The van der Waals surface area contributed by atoms with Crippen LogP contribution in [0.1, 0.15) is 23.6 Å². The third-order valence-electron chi connectivity index (χ3n) is 6.10. The van der Waals surface area contributed by atoms with Gasteiger partial charge < -0.3 is 9.63 Å². The molecule has 0 spiro atoms. The van der Waals surface area contributed by atoms with Crippen LogP contribution in [0.25, 0.3) is 34.0 Å². The molecule has 1 atom stereocenters. The van der Waals surface area contributed by atoms with E-state index in [1.54, 1.807) is 62.2 Å². The summed E-state index contributed by atoms with van der Waals surface area (Å²) >= 11 is 0. The predicted molar refractivity (Wildman–Crippen MR) is 129 cm³/mol. The van der Waals surface area contributed by atoms with E-state index in [9.17, 15) is 18.0 Å². The first kappa shape index (κ1) is 25.1. The van der Waals surface area contributed by atoms with E-state index in [2.05, 4.69) is 10.1 Å². The Morgan fingerprint density at radius 2 is 1.69 bits per heavy atom. The zero-order valence-corrected chi connectivity index (χ0v) is 19.9. The summed E-state index contributed by atoms with van der Waals surface area (Å²) in [5, 5.41) is 13.1. The van der Waals surface area contributed by atoms with Crippen molar-refractivity contribution in [1.82, 2.24) is 15.0 Å². The van der Waals surface area contributed by atoms with E-state index < -0.39 is 23.8 Å². The average molecular weight is 496 g/mol. The van der Waals surface area contributed by atoms with Gasteiger partial charge in [-0.25, -0.2) is 0 Å². The van der Waals surface area contributed by atoms with E-state index in [-0.39, 0.29) is 22.8 Å². The van der Waals surface area contributed by atoms with Crippen LogP contribution in [0.2, 0.25) is 0 Å². The Morgan fingerprint density at radius 3 is 2.33 bits per heavy atom. The lowest BCUT2D eigenvalue weighted by molar-refractivity contribution is -0.142. The highest BCUT2D eigenvalue weighted by Gasteiger charge is 2.34. The molecule has 0 aliphatic heterocycles. The minimum atomic E-state index is -4.57. The molecule has 4 aromatic rings. The van der Waals surface area contributed by atoms with Gasteiger partial charge >= 0.3 is 12.1 Å². The van der Waals surface area contributed by atoms with Crippen molar-refractivity contribution in [2.45, 2.75) is 32.6 Å². The van der Waals surface area contributed by atoms with Crippen LogP contribution in [0.5, 0.6) is 0 Å². The molecular weight excluding hydrogens is 471 g/mol. The van der Waals surface area contributed by atoms with Gasteiger partial charge in [0.2, 0.25) is 5.82 Å². The van der Waals surface area contributed by atoms with Gasteiger partial charge in [0.25, 0.3) is 5.89 Å². The Hall–Kier alpha value is -3.98. The molecule has 0 bridgehead atoms. The largest absolute Gasteiger partial charge is 0.480 e. The first-order valence-corrected chi connectivity index (χ1v) is 11.2. The van der Waals surface area contributed by atoms with Crippen LogP contribution >= 0.6 is 0 Å². The van der Waals surface area contributed by atoms with Crippen molar-refractivity contribution in [3.63, 3.8) is 0 Å². The molecule has 1 aromatic heterocycles. The summed E-state index contributed by atoms with van der Waals surface area (Å²) in [6.07, 6.45) is -4.57. The molecule has 186 valence electrons. The zero-order chi connectivity index (χ0) is 26.0. The van der Waals surface area contributed by atoms with Crippen LogP contribution < -0.4 is 0 Å².